The van der Waals surface area contributed by atoms with Gasteiger partial charge in [-0.3, -0.25) is 9.89 Å². The van der Waals surface area contributed by atoms with Crippen LogP contribution in [0, 0.1) is 0 Å². The fraction of sp³-hybridized carbons (Fsp3) is 0.300. The van der Waals surface area contributed by atoms with Crippen LogP contribution in [0.2, 0.25) is 0 Å². The first kappa shape index (κ1) is 11.2. The number of aromatic amines is 1. The fourth-order valence-electron chi connectivity index (χ4n) is 1.49. The van der Waals surface area contributed by atoms with Crippen LogP contribution in [0.3, 0.4) is 0 Å². The highest BCUT2D eigenvalue weighted by Gasteiger charge is 2.17. The van der Waals surface area contributed by atoms with E-state index >= 15 is 0 Å². The van der Waals surface area contributed by atoms with Gasteiger partial charge in [0.15, 0.2) is 0 Å². The fourth-order valence-corrected chi connectivity index (χ4v) is 1.49. The lowest BCUT2D eigenvalue weighted by atomic mass is 10.3. The highest BCUT2D eigenvalue weighted by Crippen LogP contribution is 2.10. The summed E-state index contributed by atoms with van der Waals surface area (Å²) in [5, 5.41) is 6.31. The van der Waals surface area contributed by atoms with Crippen molar-refractivity contribution in [3.8, 4) is 0 Å². The van der Waals surface area contributed by atoms with E-state index in [2.05, 4.69) is 15.2 Å². The van der Waals surface area contributed by atoms with E-state index < -0.39 is 0 Å². The zero-order valence-electron chi connectivity index (χ0n) is 9.71. The Balaban J connectivity index is 2.11. The number of amides is 1. The number of nitrogens with one attached hydrogen (secondary N) is 1. The SMILES string of the molecule is CN(Cc1nccn1C)C(=O)c1[nH]ncc1N. The van der Waals surface area contributed by atoms with Crippen LogP contribution in [0.1, 0.15) is 16.3 Å². The molecule has 17 heavy (non-hydrogen) atoms. The molecule has 0 fully saturated rings. The molecule has 7 heteroatoms. The summed E-state index contributed by atoms with van der Waals surface area (Å²) in [5.74, 6) is 0.599. The number of H-pyrrole nitrogens is 1. The highest BCUT2D eigenvalue weighted by atomic mass is 16.2. The van der Waals surface area contributed by atoms with E-state index in [1.807, 2.05) is 17.8 Å². The topological polar surface area (TPSA) is 92.8 Å². The van der Waals surface area contributed by atoms with Gasteiger partial charge in [0.05, 0.1) is 18.4 Å². The van der Waals surface area contributed by atoms with Crippen LogP contribution < -0.4 is 5.73 Å². The second-order valence-corrected chi connectivity index (χ2v) is 3.82. The number of carbonyl (C=O) groups excluding carboxylic acids is 1. The van der Waals surface area contributed by atoms with Crippen molar-refractivity contribution in [3.05, 3.63) is 30.1 Å². The van der Waals surface area contributed by atoms with E-state index in [-0.39, 0.29) is 5.91 Å². The molecule has 0 spiro atoms. The van der Waals surface area contributed by atoms with Gasteiger partial charge in [-0.1, -0.05) is 0 Å². The zero-order chi connectivity index (χ0) is 12.4. The zero-order valence-corrected chi connectivity index (χ0v) is 9.71. The first-order chi connectivity index (χ1) is 8.09. The van der Waals surface area contributed by atoms with E-state index in [1.54, 1.807) is 13.2 Å². The third-order valence-corrected chi connectivity index (χ3v) is 2.53. The summed E-state index contributed by atoms with van der Waals surface area (Å²) in [4.78, 5) is 17.7. The van der Waals surface area contributed by atoms with Crippen LogP contribution >= 0.6 is 0 Å². The molecule has 2 heterocycles. The molecule has 0 atom stereocenters. The third-order valence-electron chi connectivity index (χ3n) is 2.53. The van der Waals surface area contributed by atoms with Crippen molar-refractivity contribution in [3.63, 3.8) is 0 Å². The lowest BCUT2D eigenvalue weighted by Crippen LogP contribution is -2.28. The summed E-state index contributed by atoms with van der Waals surface area (Å²) in [6, 6.07) is 0. The molecule has 0 unspecified atom stereocenters. The Morgan fingerprint density at radius 3 is 2.94 bits per heavy atom. The van der Waals surface area contributed by atoms with Crippen molar-refractivity contribution < 1.29 is 4.79 Å². The molecular formula is C10H14N6O. The van der Waals surface area contributed by atoms with Crippen molar-refractivity contribution in [1.29, 1.82) is 0 Å². The predicted molar refractivity (Wildman–Crippen MR) is 62.0 cm³/mol. The minimum atomic E-state index is -0.206. The van der Waals surface area contributed by atoms with E-state index in [0.29, 0.717) is 17.9 Å². The van der Waals surface area contributed by atoms with Gasteiger partial charge in [-0.2, -0.15) is 5.10 Å². The smallest absolute Gasteiger partial charge is 0.274 e. The van der Waals surface area contributed by atoms with Crippen molar-refractivity contribution in [1.82, 2.24) is 24.6 Å². The number of nitrogens with two attached hydrogens (primary N) is 1. The Hall–Kier alpha value is -2.31. The first-order valence-corrected chi connectivity index (χ1v) is 5.10. The maximum atomic E-state index is 12.0. The van der Waals surface area contributed by atoms with Gasteiger partial charge in [0, 0.05) is 26.5 Å². The Kier molecular flexibility index (Phi) is 2.82. The number of nitrogen functional groups attached to an aromatic ring is 1. The largest absolute Gasteiger partial charge is 0.396 e. The lowest BCUT2D eigenvalue weighted by Gasteiger charge is -2.16. The number of hydrogen-bond donors (Lipinski definition) is 2. The van der Waals surface area contributed by atoms with Crippen molar-refractivity contribution in [2.24, 2.45) is 7.05 Å². The molecule has 3 N–H and O–H groups in total. The van der Waals surface area contributed by atoms with Crippen LogP contribution in [0.15, 0.2) is 18.6 Å². The summed E-state index contributed by atoms with van der Waals surface area (Å²) in [6.07, 6.45) is 4.94. The van der Waals surface area contributed by atoms with Gasteiger partial charge >= 0.3 is 0 Å². The van der Waals surface area contributed by atoms with Crippen LogP contribution in [-0.2, 0) is 13.6 Å². The Bertz CT molecular complexity index is 528. The van der Waals surface area contributed by atoms with Gasteiger partial charge in [0.1, 0.15) is 11.5 Å². The molecule has 0 radical (unpaired) electrons. The Labute approximate surface area is 98.2 Å². The third kappa shape index (κ3) is 2.12. The minimum Gasteiger partial charge on any atom is -0.396 e. The van der Waals surface area contributed by atoms with E-state index in [0.717, 1.165) is 5.82 Å². The normalized spacial score (nSPS) is 10.5. The van der Waals surface area contributed by atoms with E-state index in [4.69, 9.17) is 5.73 Å². The van der Waals surface area contributed by atoms with Crippen LogP contribution in [0.25, 0.3) is 0 Å². The quantitative estimate of drug-likeness (QED) is 0.781. The first-order valence-electron chi connectivity index (χ1n) is 5.10. The monoisotopic (exact) mass is 234 g/mol. The summed E-state index contributed by atoms with van der Waals surface area (Å²) < 4.78 is 1.86. The second kappa shape index (κ2) is 4.28. The number of anilines is 1. The summed E-state index contributed by atoms with van der Waals surface area (Å²) in [5.41, 5.74) is 6.28. The molecule has 90 valence electrons. The molecular weight excluding hydrogens is 220 g/mol. The number of rotatable bonds is 3. The molecule has 0 aliphatic heterocycles. The number of carbonyl (C=O) groups is 1. The number of aryl methyl sites for hydroxylation is 1. The molecule has 1 amide bonds. The molecule has 2 aromatic rings. The average Bonchev–Trinajstić information content (AvgIpc) is 2.88. The average molecular weight is 234 g/mol. The van der Waals surface area contributed by atoms with Crippen LogP contribution in [0.5, 0.6) is 0 Å². The molecule has 2 rings (SSSR count). The Morgan fingerprint density at radius 2 is 2.41 bits per heavy atom. The van der Waals surface area contributed by atoms with Gasteiger partial charge in [-0.15, -0.1) is 0 Å². The molecule has 2 aromatic heterocycles. The summed E-state index contributed by atoms with van der Waals surface area (Å²) in [6.45, 7) is 0.417. The molecule has 0 saturated carbocycles. The molecule has 0 aromatic carbocycles. The summed E-state index contributed by atoms with van der Waals surface area (Å²) in [7, 11) is 3.57. The number of imidazole rings is 1. The van der Waals surface area contributed by atoms with Crippen molar-refractivity contribution in [2.75, 3.05) is 12.8 Å². The minimum absolute atomic E-state index is 0.206. The summed E-state index contributed by atoms with van der Waals surface area (Å²) >= 11 is 0. The molecule has 0 aliphatic rings. The maximum Gasteiger partial charge on any atom is 0.274 e. The van der Waals surface area contributed by atoms with Gasteiger partial charge < -0.3 is 15.2 Å². The maximum absolute atomic E-state index is 12.0. The lowest BCUT2D eigenvalue weighted by molar-refractivity contribution is 0.0775. The van der Waals surface area contributed by atoms with Gasteiger partial charge in [-0.25, -0.2) is 4.98 Å². The molecule has 0 bridgehead atoms. The van der Waals surface area contributed by atoms with Crippen LogP contribution in [-0.4, -0.2) is 37.6 Å². The van der Waals surface area contributed by atoms with E-state index in [9.17, 15) is 4.79 Å². The van der Waals surface area contributed by atoms with Gasteiger partial charge in [0.2, 0.25) is 0 Å². The van der Waals surface area contributed by atoms with Gasteiger partial charge in [0.25, 0.3) is 5.91 Å². The predicted octanol–water partition coefficient (Wildman–Crippen LogP) is -0.00240. The highest BCUT2D eigenvalue weighted by molar-refractivity contribution is 5.96. The van der Waals surface area contributed by atoms with Crippen LogP contribution in [0.4, 0.5) is 5.69 Å². The molecule has 0 aliphatic carbocycles. The van der Waals surface area contributed by atoms with E-state index in [1.165, 1.54) is 11.1 Å². The Morgan fingerprint density at radius 1 is 1.65 bits per heavy atom. The number of hydrogen-bond acceptors (Lipinski definition) is 4. The van der Waals surface area contributed by atoms with Gasteiger partial charge in [-0.05, 0) is 0 Å². The number of nitrogens with zero attached hydrogens (tertiary/aromatic N) is 4. The molecule has 7 nitrogen and oxygen atoms in total. The van der Waals surface area contributed by atoms with Crippen molar-refractivity contribution in [2.45, 2.75) is 6.54 Å². The van der Waals surface area contributed by atoms with Crippen molar-refractivity contribution >= 4 is 11.6 Å². The number of aromatic nitrogens is 4. The second-order valence-electron chi connectivity index (χ2n) is 3.82. The standard InChI is InChI=1S/C10H14N6O/c1-15-4-3-12-8(15)6-16(2)10(17)9-7(11)5-13-14-9/h3-5H,6,11H2,1-2H3,(H,13,14). The molecule has 0 saturated heterocycles.